The van der Waals surface area contributed by atoms with Crippen LogP contribution < -0.4 is 0 Å². The molecule has 1 aromatic rings. The minimum absolute atomic E-state index is 0.968. The number of aliphatic hydroxyl groups is 2. The number of aryl methyl sites for hydroxylation is 1. The van der Waals surface area contributed by atoms with Crippen molar-refractivity contribution < 1.29 is 10.2 Å². The molecule has 0 unspecified atom stereocenters. The maximum atomic E-state index is 7.00. The average molecular weight is 146 g/mol. The first kappa shape index (κ1) is 11.9. The third-order valence-electron chi connectivity index (χ3n) is 0.635. The topological polar surface area (TPSA) is 69.1 Å². The standard InChI is InChI=1S/C4H6N2.2CH4O/c1-4-5-2-3-6-4;2*1-2/h2-3H,1H3,(H,5,6);2*2H,1H3. The molecule has 4 nitrogen and oxygen atoms in total. The van der Waals surface area contributed by atoms with Crippen LogP contribution in [0.4, 0.5) is 0 Å². The average Bonchev–Trinajstić information content (AvgIpc) is 2.48. The summed E-state index contributed by atoms with van der Waals surface area (Å²) in [7, 11) is 2.00. The smallest absolute Gasteiger partial charge is 0.102 e. The number of imidazole rings is 1. The zero-order valence-electron chi connectivity index (χ0n) is 6.50. The number of aromatic amines is 1. The van der Waals surface area contributed by atoms with Crippen molar-refractivity contribution in [3.63, 3.8) is 0 Å². The van der Waals surface area contributed by atoms with Crippen LogP contribution in [-0.4, -0.2) is 34.4 Å². The maximum Gasteiger partial charge on any atom is 0.102 e. The van der Waals surface area contributed by atoms with Crippen LogP contribution in [-0.2, 0) is 0 Å². The number of nitrogens with zero attached hydrogens (tertiary/aromatic N) is 1. The van der Waals surface area contributed by atoms with Gasteiger partial charge in [-0.3, -0.25) is 0 Å². The van der Waals surface area contributed by atoms with E-state index in [9.17, 15) is 0 Å². The molecule has 0 aliphatic rings. The molecular formula is C6H14N2O2. The van der Waals surface area contributed by atoms with Gasteiger partial charge in [0.15, 0.2) is 0 Å². The Morgan fingerprint density at radius 3 is 1.90 bits per heavy atom. The van der Waals surface area contributed by atoms with Gasteiger partial charge in [0.2, 0.25) is 0 Å². The van der Waals surface area contributed by atoms with Gasteiger partial charge in [-0.15, -0.1) is 0 Å². The molecule has 0 spiro atoms. The molecule has 0 fully saturated rings. The second-order valence-corrected chi connectivity index (χ2v) is 1.17. The highest BCUT2D eigenvalue weighted by atomic mass is 16.2. The molecule has 10 heavy (non-hydrogen) atoms. The number of rotatable bonds is 0. The van der Waals surface area contributed by atoms with Crippen LogP contribution >= 0.6 is 0 Å². The summed E-state index contributed by atoms with van der Waals surface area (Å²) < 4.78 is 0. The van der Waals surface area contributed by atoms with E-state index < -0.39 is 0 Å². The molecule has 1 aromatic heterocycles. The fourth-order valence-electron chi connectivity index (χ4n) is 0.344. The molecule has 3 N–H and O–H groups in total. The van der Waals surface area contributed by atoms with Gasteiger partial charge in [-0.1, -0.05) is 0 Å². The molecule has 0 saturated carbocycles. The summed E-state index contributed by atoms with van der Waals surface area (Å²) >= 11 is 0. The molecule has 60 valence electrons. The first-order valence-corrected chi connectivity index (χ1v) is 2.75. The van der Waals surface area contributed by atoms with Gasteiger partial charge in [0.05, 0.1) is 0 Å². The minimum atomic E-state index is 0.968. The van der Waals surface area contributed by atoms with E-state index in [1.807, 2.05) is 6.92 Å². The van der Waals surface area contributed by atoms with Crippen LogP contribution in [0.3, 0.4) is 0 Å². The monoisotopic (exact) mass is 146 g/mol. The van der Waals surface area contributed by atoms with Crippen LogP contribution in [0.25, 0.3) is 0 Å². The van der Waals surface area contributed by atoms with Crippen molar-refractivity contribution >= 4 is 0 Å². The largest absolute Gasteiger partial charge is 0.400 e. The Morgan fingerprint density at radius 2 is 1.80 bits per heavy atom. The first-order valence-electron chi connectivity index (χ1n) is 2.75. The van der Waals surface area contributed by atoms with Crippen molar-refractivity contribution in [2.45, 2.75) is 6.92 Å². The summed E-state index contributed by atoms with van der Waals surface area (Å²) in [6.07, 6.45) is 3.53. The summed E-state index contributed by atoms with van der Waals surface area (Å²) in [6.45, 7) is 1.92. The van der Waals surface area contributed by atoms with Gasteiger partial charge in [-0.2, -0.15) is 0 Å². The van der Waals surface area contributed by atoms with Gasteiger partial charge in [0, 0.05) is 26.6 Å². The first-order chi connectivity index (χ1) is 4.89. The van der Waals surface area contributed by atoms with E-state index in [1.54, 1.807) is 12.4 Å². The fourth-order valence-corrected chi connectivity index (χ4v) is 0.344. The Kier molecular flexibility index (Phi) is 13.1. The summed E-state index contributed by atoms with van der Waals surface area (Å²) in [5, 5.41) is 14.0. The van der Waals surface area contributed by atoms with E-state index in [2.05, 4.69) is 9.97 Å². The van der Waals surface area contributed by atoms with Crippen LogP contribution in [0.5, 0.6) is 0 Å². The molecule has 0 amide bonds. The number of aromatic nitrogens is 2. The second kappa shape index (κ2) is 11.0. The van der Waals surface area contributed by atoms with Gasteiger partial charge in [0.1, 0.15) is 5.82 Å². The number of aliphatic hydroxyl groups excluding tert-OH is 2. The van der Waals surface area contributed by atoms with Crippen molar-refractivity contribution in [2.75, 3.05) is 14.2 Å². The minimum Gasteiger partial charge on any atom is -0.400 e. The lowest BCUT2D eigenvalue weighted by Gasteiger charge is -1.68. The molecular weight excluding hydrogens is 132 g/mol. The predicted octanol–water partition coefficient (Wildman–Crippen LogP) is -0.0649. The molecule has 1 heterocycles. The Labute approximate surface area is 60.6 Å². The van der Waals surface area contributed by atoms with Gasteiger partial charge < -0.3 is 15.2 Å². The Bertz CT molecular complexity index is 117. The predicted molar refractivity (Wildman–Crippen MR) is 39.6 cm³/mol. The number of H-pyrrole nitrogens is 1. The van der Waals surface area contributed by atoms with Crippen LogP contribution in [0.1, 0.15) is 5.82 Å². The van der Waals surface area contributed by atoms with Crippen LogP contribution in [0.2, 0.25) is 0 Å². The van der Waals surface area contributed by atoms with Crippen molar-refractivity contribution in [1.82, 2.24) is 9.97 Å². The van der Waals surface area contributed by atoms with Crippen molar-refractivity contribution in [2.24, 2.45) is 0 Å². The Hall–Kier alpha value is -0.870. The molecule has 0 aromatic carbocycles. The molecule has 1 rings (SSSR count). The lowest BCUT2D eigenvalue weighted by Crippen LogP contribution is -1.66. The quantitative estimate of drug-likeness (QED) is 0.480. The van der Waals surface area contributed by atoms with Crippen LogP contribution in [0, 0.1) is 6.92 Å². The number of hydrogen-bond acceptors (Lipinski definition) is 3. The van der Waals surface area contributed by atoms with E-state index in [0.717, 1.165) is 20.0 Å². The highest BCUT2D eigenvalue weighted by Gasteiger charge is 1.73. The molecule has 0 aliphatic carbocycles. The molecule has 0 bridgehead atoms. The third kappa shape index (κ3) is 7.13. The highest BCUT2D eigenvalue weighted by Crippen LogP contribution is 1.78. The highest BCUT2D eigenvalue weighted by molar-refractivity contribution is 4.80. The summed E-state index contributed by atoms with van der Waals surface area (Å²) in [5.41, 5.74) is 0. The molecule has 4 heteroatoms. The van der Waals surface area contributed by atoms with Gasteiger partial charge in [-0.25, -0.2) is 4.98 Å². The van der Waals surface area contributed by atoms with Gasteiger partial charge in [0.25, 0.3) is 0 Å². The normalized spacial score (nSPS) is 6.50. The van der Waals surface area contributed by atoms with Gasteiger partial charge >= 0.3 is 0 Å². The Balaban J connectivity index is 0. The number of hydrogen-bond donors (Lipinski definition) is 3. The molecule has 0 saturated heterocycles. The molecule has 0 aliphatic heterocycles. The van der Waals surface area contributed by atoms with E-state index >= 15 is 0 Å². The van der Waals surface area contributed by atoms with E-state index in [0.29, 0.717) is 0 Å². The fraction of sp³-hybridized carbons (Fsp3) is 0.500. The van der Waals surface area contributed by atoms with Gasteiger partial charge in [-0.05, 0) is 6.92 Å². The van der Waals surface area contributed by atoms with E-state index in [4.69, 9.17) is 10.2 Å². The molecule has 0 atom stereocenters. The summed E-state index contributed by atoms with van der Waals surface area (Å²) in [4.78, 5) is 6.75. The zero-order valence-corrected chi connectivity index (χ0v) is 6.50. The van der Waals surface area contributed by atoms with Crippen molar-refractivity contribution in [3.8, 4) is 0 Å². The van der Waals surface area contributed by atoms with Crippen LogP contribution in [0.15, 0.2) is 12.4 Å². The SMILES string of the molecule is CO.CO.Cc1ncc[nH]1. The Morgan fingerprint density at radius 1 is 1.30 bits per heavy atom. The zero-order chi connectivity index (χ0) is 8.41. The number of nitrogens with one attached hydrogen (secondary N) is 1. The molecule has 0 radical (unpaired) electrons. The van der Waals surface area contributed by atoms with E-state index in [-0.39, 0.29) is 0 Å². The lowest BCUT2D eigenvalue weighted by atomic mass is 10.8. The lowest BCUT2D eigenvalue weighted by molar-refractivity contribution is 0.399. The maximum absolute atomic E-state index is 7.00. The second-order valence-electron chi connectivity index (χ2n) is 1.17. The summed E-state index contributed by atoms with van der Waals surface area (Å²) in [5.74, 6) is 0.968. The van der Waals surface area contributed by atoms with Crippen molar-refractivity contribution in [1.29, 1.82) is 0 Å². The van der Waals surface area contributed by atoms with E-state index in [1.165, 1.54) is 0 Å². The summed E-state index contributed by atoms with van der Waals surface area (Å²) in [6, 6.07) is 0. The van der Waals surface area contributed by atoms with Crippen molar-refractivity contribution in [3.05, 3.63) is 18.2 Å². The third-order valence-corrected chi connectivity index (χ3v) is 0.635.